The van der Waals surface area contributed by atoms with Gasteiger partial charge in [-0.25, -0.2) is 4.98 Å². The van der Waals surface area contributed by atoms with Crippen LogP contribution in [0.4, 0.5) is 0 Å². The van der Waals surface area contributed by atoms with Gasteiger partial charge in [0.1, 0.15) is 11.1 Å². The highest BCUT2D eigenvalue weighted by molar-refractivity contribution is 7.09. The molecule has 112 valence electrons. The molecule has 2 saturated heterocycles. The fourth-order valence-corrected chi connectivity index (χ4v) is 4.42. The molecule has 1 amide bonds. The Kier molecular flexibility index (Phi) is 3.55. The fraction of sp³-hybridized carbons (Fsp3) is 0.625. The van der Waals surface area contributed by atoms with E-state index in [0.29, 0.717) is 5.92 Å². The average molecular weight is 304 g/mol. The van der Waals surface area contributed by atoms with Crippen LogP contribution in [-0.4, -0.2) is 35.0 Å². The molecule has 1 aromatic heterocycles. The molecule has 2 fully saturated rings. The first-order chi connectivity index (χ1) is 10.3. The van der Waals surface area contributed by atoms with Gasteiger partial charge < -0.3 is 9.64 Å². The predicted octanol–water partition coefficient (Wildman–Crippen LogP) is 2.93. The van der Waals surface area contributed by atoms with Crippen LogP contribution in [-0.2, 0) is 9.53 Å². The lowest BCUT2D eigenvalue weighted by atomic mass is 9.91. The number of allylic oxidation sites excluding steroid dienone is 1. The molecule has 5 heteroatoms. The van der Waals surface area contributed by atoms with Crippen LogP contribution >= 0.6 is 11.3 Å². The third-order valence-corrected chi connectivity index (χ3v) is 5.75. The maximum Gasteiger partial charge on any atom is 0.249 e. The van der Waals surface area contributed by atoms with Gasteiger partial charge in [0.2, 0.25) is 5.91 Å². The van der Waals surface area contributed by atoms with Crippen molar-refractivity contribution in [3.05, 3.63) is 28.2 Å². The lowest BCUT2D eigenvalue weighted by molar-refractivity contribution is -0.131. The summed E-state index contributed by atoms with van der Waals surface area (Å²) in [6, 6.07) is 0. The highest BCUT2D eigenvalue weighted by atomic mass is 32.1. The van der Waals surface area contributed by atoms with Crippen molar-refractivity contribution >= 4 is 17.2 Å². The third kappa shape index (κ3) is 2.53. The standard InChI is InChI=1S/C16H20N2O2S/c19-16(11-3-1-2-4-11)18-7-5-12-9-13(20-14(12)10-18)15-17-6-8-21-15/h3,6,8,12-14H,1-2,4-5,7,9-10H2/t12-,13+,14+/m1/s1. The zero-order valence-electron chi connectivity index (χ0n) is 12.0. The van der Waals surface area contributed by atoms with Crippen LogP contribution in [0.2, 0.25) is 0 Å². The van der Waals surface area contributed by atoms with Gasteiger partial charge in [0.05, 0.1) is 6.10 Å². The van der Waals surface area contributed by atoms with Crippen LogP contribution in [0, 0.1) is 5.92 Å². The SMILES string of the molecule is O=C(C1=CCCC1)N1CC[C@@H]2C[C@@H](c3nccs3)O[C@H]2C1. The van der Waals surface area contributed by atoms with Crippen molar-refractivity contribution < 1.29 is 9.53 Å². The number of fused-ring (bicyclic) bond motifs is 1. The monoisotopic (exact) mass is 304 g/mol. The van der Waals surface area contributed by atoms with Gasteiger partial charge in [-0.3, -0.25) is 4.79 Å². The van der Waals surface area contributed by atoms with Crippen LogP contribution in [0.3, 0.4) is 0 Å². The van der Waals surface area contributed by atoms with Crippen LogP contribution in [0.15, 0.2) is 23.2 Å². The minimum atomic E-state index is 0.140. The van der Waals surface area contributed by atoms with E-state index < -0.39 is 0 Å². The van der Waals surface area contributed by atoms with E-state index in [1.165, 1.54) is 0 Å². The van der Waals surface area contributed by atoms with Crippen LogP contribution in [0.5, 0.6) is 0 Å². The van der Waals surface area contributed by atoms with E-state index in [1.54, 1.807) is 11.3 Å². The van der Waals surface area contributed by atoms with E-state index in [2.05, 4.69) is 11.1 Å². The zero-order valence-corrected chi connectivity index (χ0v) is 12.8. The number of amides is 1. The molecule has 0 aromatic carbocycles. The van der Waals surface area contributed by atoms with Gasteiger partial charge in [0.25, 0.3) is 0 Å². The largest absolute Gasteiger partial charge is 0.366 e. The van der Waals surface area contributed by atoms with Gasteiger partial charge >= 0.3 is 0 Å². The topological polar surface area (TPSA) is 42.4 Å². The molecule has 4 nitrogen and oxygen atoms in total. The van der Waals surface area contributed by atoms with E-state index in [4.69, 9.17) is 4.74 Å². The highest BCUT2D eigenvalue weighted by Crippen LogP contribution is 2.41. The number of hydrogen-bond acceptors (Lipinski definition) is 4. The summed E-state index contributed by atoms with van der Waals surface area (Å²) in [4.78, 5) is 18.9. The van der Waals surface area contributed by atoms with Crippen molar-refractivity contribution in [1.29, 1.82) is 0 Å². The minimum Gasteiger partial charge on any atom is -0.366 e. The van der Waals surface area contributed by atoms with Crippen LogP contribution in [0.25, 0.3) is 0 Å². The number of ether oxygens (including phenoxy) is 1. The Hall–Kier alpha value is -1.20. The maximum atomic E-state index is 12.5. The number of rotatable bonds is 2. The molecule has 2 aliphatic heterocycles. The van der Waals surface area contributed by atoms with Gasteiger partial charge in [-0.1, -0.05) is 6.08 Å². The average Bonchev–Trinajstić information content (AvgIpc) is 3.24. The summed E-state index contributed by atoms with van der Waals surface area (Å²) in [7, 11) is 0. The van der Waals surface area contributed by atoms with Gasteiger partial charge in [-0.2, -0.15) is 0 Å². The van der Waals surface area contributed by atoms with Crippen molar-refractivity contribution in [1.82, 2.24) is 9.88 Å². The summed E-state index contributed by atoms with van der Waals surface area (Å²) in [5, 5.41) is 3.09. The molecule has 3 aliphatic rings. The summed E-state index contributed by atoms with van der Waals surface area (Å²) in [5.74, 6) is 0.827. The molecule has 1 aromatic rings. The molecular weight excluding hydrogens is 284 g/mol. The van der Waals surface area contributed by atoms with Crippen molar-refractivity contribution in [3.63, 3.8) is 0 Å². The van der Waals surface area contributed by atoms with Crippen LogP contribution in [0.1, 0.15) is 43.2 Å². The Bertz CT molecular complexity index is 555. The number of carbonyl (C=O) groups is 1. The molecular formula is C16H20N2O2S. The molecule has 3 atom stereocenters. The molecule has 4 rings (SSSR count). The van der Waals surface area contributed by atoms with Crippen molar-refractivity contribution in [3.8, 4) is 0 Å². The van der Waals surface area contributed by atoms with E-state index in [0.717, 1.165) is 55.8 Å². The molecule has 1 aliphatic carbocycles. The minimum absolute atomic E-state index is 0.140. The lowest BCUT2D eigenvalue weighted by Crippen LogP contribution is -2.45. The summed E-state index contributed by atoms with van der Waals surface area (Å²) >= 11 is 1.67. The normalized spacial score (nSPS) is 32.1. The van der Waals surface area contributed by atoms with Gasteiger partial charge in [0.15, 0.2) is 0 Å². The molecule has 21 heavy (non-hydrogen) atoms. The predicted molar refractivity (Wildman–Crippen MR) is 81.0 cm³/mol. The summed E-state index contributed by atoms with van der Waals surface area (Å²) in [5.41, 5.74) is 1.02. The second kappa shape index (κ2) is 5.54. The van der Waals surface area contributed by atoms with E-state index >= 15 is 0 Å². The lowest BCUT2D eigenvalue weighted by Gasteiger charge is -2.34. The zero-order chi connectivity index (χ0) is 14.2. The first kappa shape index (κ1) is 13.5. The summed E-state index contributed by atoms with van der Waals surface area (Å²) < 4.78 is 6.19. The van der Waals surface area contributed by atoms with E-state index in [9.17, 15) is 4.79 Å². The quantitative estimate of drug-likeness (QED) is 0.843. The first-order valence-electron chi connectivity index (χ1n) is 7.84. The second-order valence-electron chi connectivity index (χ2n) is 6.19. The summed E-state index contributed by atoms with van der Waals surface area (Å²) in [6.45, 7) is 1.63. The van der Waals surface area contributed by atoms with Gasteiger partial charge in [-0.05, 0) is 38.0 Å². The Morgan fingerprint density at radius 3 is 3.19 bits per heavy atom. The van der Waals surface area contributed by atoms with Crippen molar-refractivity contribution in [2.45, 2.75) is 44.3 Å². The van der Waals surface area contributed by atoms with E-state index in [-0.39, 0.29) is 18.1 Å². The highest BCUT2D eigenvalue weighted by Gasteiger charge is 2.41. The number of thiazole rings is 1. The second-order valence-corrected chi connectivity index (χ2v) is 7.12. The fourth-order valence-electron chi connectivity index (χ4n) is 3.74. The number of carbonyl (C=O) groups excluding carboxylic acids is 1. The molecule has 0 bridgehead atoms. The first-order valence-corrected chi connectivity index (χ1v) is 8.72. The van der Waals surface area contributed by atoms with Crippen molar-refractivity contribution in [2.24, 2.45) is 5.92 Å². The maximum absolute atomic E-state index is 12.5. The number of nitrogens with zero attached hydrogens (tertiary/aromatic N) is 2. The number of likely N-dealkylation sites (tertiary alicyclic amines) is 1. The van der Waals surface area contributed by atoms with Gasteiger partial charge in [0, 0.05) is 30.2 Å². The molecule has 0 saturated carbocycles. The molecule has 0 unspecified atom stereocenters. The Morgan fingerprint density at radius 1 is 1.48 bits per heavy atom. The number of aromatic nitrogens is 1. The van der Waals surface area contributed by atoms with E-state index in [1.807, 2.05) is 16.5 Å². The third-order valence-electron chi connectivity index (χ3n) is 4.88. The molecule has 0 radical (unpaired) electrons. The van der Waals surface area contributed by atoms with Crippen molar-refractivity contribution in [2.75, 3.05) is 13.1 Å². The molecule has 0 N–H and O–H groups in total. The van der Waals surface area contributed by atoms with Crippen LogP contribution < -0.4 is 0 Å². The Labute approximate surface area is 128 Å². The number of piperidine rings is 1. The molecule has 3 heterocycles. The Balaban J connectivity index is 1.42. The molecule has 0 spiro atoms. The van der Waals surface area contributed by atoms with Gasteiger partial charge in [-0.15, -0.1) is 11.3 Å². The number of hydrogen-bond donors (Lipinski definition) is 0. The Morgan fingerprint density at radius 2 is 2.43 bits per heavy atom. The summed E-state index contributed by atoms with van der Waals surface area (Å²) in [6.07, 6.45) is 9.54. The smallest absolute Gasteiger partial charge is 0.249 e.